The maximum atomic E-state index is 5.32. The number of nitrogens with zero attached hydrogens (tertiary/aromatic N) is 1. The number of anilines is 1. The van der Waals surface area contributed by atoms with Crippen molar-refractivity contribution in [1.82, 2.24) is 9.88 Å². The van der Waals surface area contributed by atoms with Crippen LogP contribution in [-0.2, 0) is 6.54 Å². The van der Waals surface area contributed by atoms with Crippen molar-refractivity contribution in [3.05, 3.63) is 72.9 Å². The topological polar surface area (TPSA) is 42.1 Å². The number of furan rings is 1. The highest BCUT2D eigenvalue weighted by molar-refractivity contribution is 7.80. The summed E-state index contributed by atoms with van der Waals surface area (Å²) in [5.74, 6) is 0.845. The molecule has 0 aliphatic carbocycles. The van der Waals surface area contributed by atoms with Crippen molar-refractivity contribution in [3.63, 3.8) is 0 Å². The molecule has 2 aromatic heterocycles. The molecule has 0 bridgehead atoms. The van der Waals surface area contributed by atoms with Crippen molar-refractivity contribution in [2.75, 3.05) is 5.32 Å². The van der Waals surface area contributed by atoms with Crippen molar-refractivity contribution in [2.45, 2.75) is 6.54 Å². The molecular formula is C16H15N3OS. The van der Waals surface area contributed by atoms with Gasteiger partial charge in [-0.15, -0.1) is 0 Å². The fourth-order valence-electron chi connectivity index (χ4n) is 2.05. The Kier molecular flexibility index (Phi) is 4.02. The predicted molar refractivity (Wildman–Crippen MR) is 87.5 cm³/mol. The standard InChI is InChI=1S/C16H15N3OS/c21-16(17-12-13-6-5-11-20-13)18-14-7-1-2-8-15(14)19-9-3-4-10-19/h1-11H,12H2,(H2,17,18,21). The van der Waals surface area contributed by atoms with Crippen LogP contribution in [0.1, 0.15) is 5.76 Å². The summed E-state index contributed by atoms with van der Waals surface area (Å²) in [5.41, 5.74) is 2.00. The Bertz CT molecular complexity index is 705. The fourth-order valence-corrected chi connectivity index (χ4v) is 2.23. The maximum Gasteiger partial charge on any atom is 0.171 e. The van der Waals surface area contributed by atoms with Gasteiger partial charge in [0.05, 0.1) is 24.2 Å². The van der Waals surface area contributed by atoms with E-state index < -0.39 is 0 Å². The van der Waals surface area contributed by atoms with E-state index in [2.05, 4.69) is 10.6 Å². The summed E-state index contributed by atoms with van der Waals surface area (Å²) in [6, 6.07) is 15.8. The van der Waals surface area contributed by atoms with Crippen LogP contribution in [0.15, 0.2) is 71.6 Å². The highest BCUT2D eigenvalue weighted by Crippen LogP contribution is 2.19. The zero-order valence-electron chi connectivity index (χ0n) is 11.3. The molecule has 5 heteroatoms. The lowest BCUT2D eigenvalue weighted by Gasteiger charge is -2.14. The van der Waals surface area contributed by atoms with Crippen molar-refractivity contribution in [1.29, 1.82) is 0 Å². The van der Waals surface area contributed by atoms with Crippen LogP contribution in [0.5, 0.6) is 0 Å². The van der Waals surface area contributed by atoms with E-state index in [1.54, 1.807) is 6.26 Å². The second-order valence-corrected chi connectivity index (χ2v) is 4.90. The first-order valence-electron chi connectivity index (χ1n) is 6.62. The quantitative estimate of drug-likeness (QED) is 0.723. The van der Waals surface area contributed by atoms with Crippen LogP contribution >= 0.6 is 12.2 Å². The fraction of sp³-hybridized carbons (Fsp3) is 0.0625. The van der Waals surface area contributed by atoms with Gasteiger partial charge in [0.15, 0.2) is 5.11 Å². The number of nitrogens with one attached hydrogen (secondary N) is 2. The zero-order valence-corrected chi connectivity index (χ0v) is 12.1. The molecule has 0 aliphatic heterocycles. The molecule has 2 heterocycles. The SMILES string of the molecule is S=C(NCc1ccco1)Nc1ccccc1-n1cccc1. The Balaban J connectivity index is 1.69. The number of thiocarbonyl (C=S) groups is 1. The number of hydrogen-bond acceptors (Lipinski definition) is 2. The lowest BCUT2D eigenvalue weighted by atomic mass is 10.2. The molecule has 0 saturated heterocycles. The van der Waals surface area contributed by atoms with Gasteiger partial charge in [0.25, 0.3) is 0 Å². The van der Waals surface area contributed by atoms with E-state index in [1.165, 1.54) is 0 Å². The summed E-state index contributed by atoms with van der Waals surface area (Å²) in [5, 5.41) is 6.90. The van der Waals surface area contributed by atoms with E-state index in [9.17, 15) is 0 Å². The minimum Gasteiger partial charge on any atom is -0.467 e. The monoisotopic (exact) mass is 297 g/mol. The highest BCUT2D eigenvalue weighted by atomic mass is 32.1. The Morgan fingerprint density at radius 2 is 1.86 bits per heavy atom. The van der Waals surface area contributed by atoms with E-state index in [0.717, 1.165) is 17.1 Å². The van der Waals surface area contributed by atoms with Gasteiger partial charge in [-0.25, -0.2) is 0 Å². The molecule has 4 nitrogen and oxygen atoms in total. The van der Waals surface area contributed by atoms with Gasteiger partial charge in [-0.3, -0.25) is 0 Å². The first-order valence-corrected chi connectivity index (χ1v) is 7.03. The van der Waals surface area contributed by atoms with Gasteiger partial charge in [0.2, 0.25) is 0 Å². The Labute approximate surface area is 128 Å². The summed E-state index contributed by atoms with van der Waals surface area (Å²) >= 11 is 5.32. The van der Waals surface area contributed by atoms with Gasteiger partial charge in [-0.2, -0.15) is 0 Å². The molecule has 3 rings (SSSR count). The minimum absolute atomic E-state index is 0.560. The van der Waals surface area contributed by atoms with Gasteiger partial charge in [0, 0.05) is 12.4 Å². The first-order chi connectivity index (χ1) is 10.3. The van der Waals surface area contributed by atoms with Gasteiger partial charge in [0.1, 0.15) is 5.76 Å². The average Bonchev–Trinajstić information content (AvgIpc) is 3.19. The van der Waals surface area contributed by atoms with Gasteiger partial charge in [-0.1, -0.05) is 12.1 Å². The van der Waals surface area contributed by atoms with Crippen LogP contribution in [0.4, 0.5) is 5.69 Å². The smallest absolute Gasteiger partial charge is 0.171 e. The third kappa shape index (κ3) is 3.32. The molecule has 0 amide bonds. The molecule has 2 N–H and O–H groups in total. The van der Waals surface area contributed by atoms with Crippen LogP contribution in [0.2, 0.25) is 0 Å². The number of aromatic nitrogens is 1. The Hall–Kier alpha value is -2.53. The molecule has 0 unspecified atom stereocenters. The maximum absolute atomic E-state index is 5.32. The minimum atomic E-state index is 0.560. The van der Waals surface area contributed by atoms with E-state index in [1.807, 2.05) is 65.5 Å². The molecule has 0 spiro atoms. The largest absolute Gasteiger partial charge is 0.467 e. The summed E-state index contributed by atoms with van der Waals surface area (Å²) in [6.07, 6.45) is 5.65. The number of rotatable bonds is 4. The van der Waals surface area contributed by atoms with Gasteiger partial charge < -0.3 is 19.6 Å². The molecule has 1 aromatic carbocycles. The molecule has 0 fully saturated rings. The van der Waals surface area contributed by atoms with Gasteiger partial charge >= 0.3 is 0 Å². The molecule has 0 aliphatic rings. The lowest BCUT2D eigenvalue weighted by Crippen LogP contribution is -2.28. The molecule has 0 atom stereocenters. The highest BCUT2D eigenvalue weighted by Gasteiger charge is 2.05. The van der Waals surface area contributed by atoms with Crippen LogP contribution in [0, 0.1) is 0 Å². The first kappa shape index (κ1) is 13.5. The van der Waals surface area contributed by atoms with Crippen molar-refractivity contribution in [3.8, 4) is 5.69 Å². The number of para-hydroxylation sites is 2. The molecule has 0 radical (unpaired) electrons. The predicted octanol–water partition coefficient (Wildman–Crippen LogP) is 3.56. The van der Waals surface area contributed by atoms with E-state index in [4.69, 9.17) is 16.6 Å². The molecule has 106 valence electrons. The summed E-state index contributed by atoms with van der Waals surface area (Å²) < 4.78 is 7.30. The normalized spacial score (nSPS) is 10.3. The third-order valence-corrected chi connectivity index (χ3v) is 3.28. The summed E-state index contributed by atoms with van der Waals surface area (Å²) in [7, 11) is 0. The molecule has 3 aromatic rings. The molecular weight excluding hydrogens is 282 g/mol. The van der Waals surface area contributed by atoms with Crippen molar-refractivity contribution in [2.24, 2.45) is 0 Å². The van der Waals surface area contributed by atoms with Crippen LogP contribution < -0.4 is 10.6 Å². The van der Waals surface area contributed by atoms with Crippen LogP contribution in [0.25, 0.3) is 5.69 Å². The van der Waals surface area contributed by atoms with Crippen LogP contribution in [-0.4, -0.2) is 9.68 Å². The Morgan fingerprint density at radius 3 is 2.62 bits per heavy atom. The van der Waals surface area contributed by atoms with Crippen molar-refractivity contribution < 1.29 is 4.42 Å². The third-order valence-electron chi connectivity index (χ3n) is 3.04. The second kappa shape index (κ2) is 6.28. The van der Waals surface area contributed by atoms with Gasteiger partial charge in [-0.05, 0) is 48.6 Å². The van der Waals surface area contributed by atoms with Crippen molar-refractivity contribution >= 4 is 23.0 Å². The van der Waals surface area contributed by atoms with E-state index in [0.29, 0.717) is 11.7 Å². The average molecular weight is 297 g/mol. The summed E-state index contributed by atoms with van der Waals surface area (Å²) in [6.45, 7) is 0.560. The Morgan fingerprint density at radius 1 is 1.05 bits per heavy atom. The number of benzene rings is 1. The molecule has 0 saturated carbocycles. The second-order valence-electron chi connectivity index (χ2n) is 4.49. The zero-order chi connectivity index (χ0) is 14.5. The summed E-state index contributed by atoms with van der Waals surface area (Å²) in [4.78, 5) is 0. The lowest BCUT2D eigenvalue weighted by molar-refractivity contribution is 0.503. The molecule has 21 heavy (non-hydrogen) atoms. The van der Waals surface area contributed by atoms with Crippen LogP contribution in [0.3, 0.4) is 0 Å². The van der Waals surface area contributed by atoms with E-state index >= 15 is 0 Å². The number of hydrogen-bond donors (Lipinski definition) is 2. The van der Waals surface area contributed by atoms with E-state index in [-0.39, 0.29) is 0 Å².